The highest BCUT2D eigenvalue weighted by Crippen LogP contribution is 2.27. The minimum Gasteiger partial charge on any atom is -0.389 e. The Morgan fingerprint density at radius 3 is 2.61 bits per heavy atom. The van der Waals surface area contributed by atoms with Crippen molar-refractivity contribution in [2.24, 2.45) is 11.8 Å². The van der Waals surface area contributed by atoms with E-state index in [-0.39, 0.29) is 30.3 Å². The van der Waals surface area contributed by atoms with Crippen molar-refractivity contribution in [1.82, 2.24) is 15.2 Å². The Morgan fingerprint density at radius 1 is 1.24 bits per heavy atom. The number of carbonyl (C=O) groups excluding carboxylic acids is 2. The highest BCUT2D eigenvalue weighted by atomic mass is 16.3. The fraction of sp³-hybridized carbons (Fsp3) is 0.577. The van der Waals surface area contributed by atoms with Crippen molar-refractivity contribution in [3.8, 4) is 6.07 Å². The number of amides is 2. The number of para-hydroxylation sites is 1. The second-order valence-electron chi connectivity index (χ2n) is 10.3. The van der Waals surface area contributed by atoms with E-state index in [0.29, 0.717) is 24.5 Å². The number of rotatable bonds is 8. The van der Waals surface area contributed by atoms with Crippen LogP contribution in [0.1, 0.15) is 70.3 Å². The van der Waals surface area contributed by atoms with E-state index in [1.807, 2.05) is 48.7 Å². The molecule has 1 fully saturated rings. The molecule has 0 bridgehead atoms. The van der Waals surface area contributed by atoms with Gasteiger partial charge in [0.05, 0.1) is 24.1 Å². The predicted molar refractivity (Wildman–Crippen MR) is 128 cm³/mol. The number of nitrogens with one attached hydrogen (secondary N) is 2. The Labute approximate surface area is 196 Å². The Kier molecular flexibility index (Phi) is 7.80. The Bertz CT molecular complexity index is 1030. The molecule has 33 heavy (non-hydrogen) atoms. The third kappa shape index (κ3) is 6.35. The molecule has 178 valence electrons. The number of carbonyl (C=O) groups is 2. The molecule has 1 heterocycles. The minimum absolute atomic E-state index is 0.163. The van der Waals surface area contributed by atoms with Gasteiger partial charge >= 0.3 is 0 Å². The van der Waals surface area contributed by atoms with Crippen LogP contribution in [0.2, 0.25) is 0 Å². The lowest BCUT2D eigenvalue weighted by atomic mass is 9.83. The second kappa shape index (κ2) is 10.4. The van der Waals surface area contributed by atoms with Gasteiger partial charge in [-0.3, -0.25) is 9.59 Å². The van der Waals surface area contributed by atoms with Crippen LogP contribution in [0.4, 0.5) is 0 Å². The maximum atomic E-state index is 13.4. The normalized spacial score (nSPS) is 19.8. The molecule has 2 amide bonds. The smallest absolute Gasteiger partial charge is 0.268 e. The molecular weight excluding hydrogens is 416 g/mol. The quantitative estimate of drug-likeness (QED) is 0.567. The molecule has 0 aliphatic heterocycles. The standard InChI is InChI=1S/C26H36N4O3/c1-17(2)13-19(15-27)28-24(31)20-10-6-7-11-21(20)29-25(32)23-14-18-9-5-8-12-22(18)30(23)16-26(3,4)33/h5,8-9,12,14,17,19-21,33H,6-7,10-11,13,16H2,1-4H3,(H,28,31)(H,29,32)/t19-,20+,21-/m0/s1. The fourth-order valence-electron chi connectivity index (χ4n) is 4.71. The van der Waals surface area contributed by atoms with Crippen molar-refractivity contribution in [3.63, 3.8) is 0 Å². The molecule has 0 radical (unpaired) electrons. The van der Waals surface area contributed by atoms with E-state index in [9.17, 15) is 20.0 Å². The van der Waals surface area contributed by atoms with Gasteiger partial charge in [-0.1, -0.05) is 44.9 Å². The first-order chi connectivity index (χ1) is 15.6. The van der Waals surface area contributed by atoms with Gasteiger partial charge in [-0.15, -0.1) is 0 Å². The SMILES string of the molecule is CC(C)C[C@@H](C#N)NC(=O)[C@@H]1CCCC[C@@H]1NC(=O)c1cc2ccccc2n1CC(C)(C)O. The van der Waals surface area contributed by atoms with Gasteiger partial charge in [0.1, 0.15) is 11.7 Å². The number of hydrogen-bond donors (Lipinski definition) is 3. The molecule has 1 saturated carbocycles. The van der Waals surface area contributed by atoms with Crippen LogP contribution in [0.3, 0.4) is 0 Å². The number of fused-ring (bicyclic) bond motifs is 1. The average Bonchev–Trinajstić information content (AvgIpc) is 3.10. The minimum atomic E-state index is -0.993. The summed E-state index contributed by atoms with van der Waals surface area (Å²) in [5, 5.41) is 26.8. The van der Waals surface area contributed by atoms with Crippen LogP contribution in [0, 0.1) is 23.2 Å². The number of aliphatic hydroxyl groups is 1. The molecule has 1 aromatic carbocycles. The van der Waals surface area contributed by atoms with E-state index in [1.165, 1.54) is 0 Å². The maximum Gasteiger partial charge on any atom is 0.268 e. The summed E-state index contributed by atoms with van der Waals surface area (Å²) in [5.74, 6) is -0.476. The third-order valence-electron chi connectivity index (χ3n) is 6.19. The Balaban J connectivity index is 1.81. The van der Waals surface area contributed by atoms with E-state index < -0.39 is 11.6 Å². The van der Waals surface area contributed by atoms with Crippen molar-refractivity contribution >= 4 is 22.7 Å². The average molecular weight is 453 g/mol. The Morgan fingerprint density at radius 2 is 1.94 bits per heavy atom. The zero-order valence-corrected chi connectivity index (χ0v) is 20.1. The van der Waals surface area contributed by atoms with Gasteiger partial charge in [0.25, 0.3) is 5.91 Å². The summed E-state index contributed by atoms with van der Waals surface area (Å²) >= 11 is 0. The largest absolute Gasteiger partial charge is 0.389 e. The summed E-state index contributed by atoms with van der Waals surface area (Å²) in [6.07, 6.45) is 3.86. The zero-order chi connectivity index (χ0) is 24.2. The molecule has 3 atom stereocenters. The molecule has 1 aliphatic carbocycles. The number of benzene rings is 1. The van der Waals surface area contributed by atoms with Crippen LogP contribution in [-0.4, -0.2) is 39.2 Å². The molecule has 1 aromatic heterocycles. The van der Waals surface area contributed by atoms with Gasteiger partial charge in [0.15, 0.2) is 0 Å². The molecule has 0 unspecified atom stereocenters. The predicted octanol–water partition coefficient (Wildman–Crippen LogP) is 3.76. The lowest BCUT2D eigenvalue weighted by Gasteiger charge is -2.32. The Hall–Kier alpha value is -2.85. The van der Waals surface area contributed by atoms with Crippen molar-refractivity contribution in [1.29, 1.82) is 5.26 Å². The lowest BCUT2D eigenvalue weighted by Crippen LogP contribution is -2.50. The van der Waals surface area contributed by atoms with Gasteiger partial charge in [-0.25, -0.2) is 0 Å². The van der Waals surface area contributed by atoms with Crippen LogP contribution < -0.4 is 10.6 Å². The van der Waals surface area contributed by atoms with Crippen LogP contribution >= 0.6 is 0 Å². The van der Waals surface area contributed by atoms with Crippen LogP contribution in [0.15, 0.2) is 30.3 Å². The van der Waals surface area contributed by atoms with Crippen LogP contribution in [0.5, 0.6) is 0 Å². The van der Waals surface area contributed by atoms with Gasteiger partial charge in [0, 0.05) is 16.9 Å². The fourth-order valence-corrected chi connectivity index (χ4v) is 4.71. The summed E-state index contributed by atoms with van der Waals surface area (Å²) in [6, 6.07) is 10.9. The summed E-state index contributed by atoms with van der Waals surface area (Å²) in [6.45, 7) is 7.75. The molecule has 1 aliphatic rings. The highest BCUT2D eigenvalue weighted by molar-refractivity contribution is 5.99. The van der Waals surface area contributed by atoms with Crippen molar-refractivity contribution in [2.75, 3.05) is 0 Å². The van der Waals surface area contributed by atoms with Gasteiger partial charge in [-0.05, 0) is 51.2 Å². The summed E-state index contributed by atoms with van der Waals surface area (Å²) in [7, 11) is 0. The van der Waals surface area contributed by atoms with E-state index in [2.05, 4.69) is 16.7 Å². The molecule has 7 nitrogen and oxygen atoms in total. The molecular formula is C26H36N4O3. The second-order valence-corrected chi connectivity index (χ2v) is 10.3. The molecule has 3 N–H and O–H groups in total. The van der Waals surface area contributed by atoms with Crippen molar-refractivity contribution in [2.45, 2.75) is 84.0 Å². The zero-order valence-electron chi connectivity index (χ0n) is 20.1. The number of hydrogen-bond acceptors (Lipinski definition) is 4. The van der Waals surface area contributed by atoms with Crippen LogP contribution in [0.25, 0.3) is 10.9 Å². The molecule has 0 spiro atoms. The summed E-state index contributed by atoms with van der Waals surface area (Å²) in [5.41, 5.74) is 0.360. The third-order valence-corrected chi connectivity index (χ3v) is 6.19. The van der Waals surface area contributed by atoms with Crippen molar-refractivity contribution < 1.29 is 14.7 Å². The van der Waals surface area contributed by atoms with Gasteiger partial charge in [-0.2, -0.15) is 5.26 Å². The van der Waals surface area contributed by atoms with Gasteiger partial charge < -0.3 is 20.3 Å². The lowest BCUT2D eigenvalue weighted by molar-refractivity contribution is -0.127. The molecule has 3 rings (SSSR count). The first-order valence-corrected chi connectivity index (χ1v) is 11.9. The summed E-state index contributed by atoms with van der Waals surface area (Å²) in [4.78, 5) is 26.4. The number of aromatic nitrogens is 1. The van der Waals surface area contributed by atoms with Crippen LogP contribution in [-0.2, 0) is 11.3 Å². The number of nitriles is 1. The molecule has 2 aromatic rings. The van der Waals surface area contributed by atoms with E-state index >= 15 is 0 Å². The van der Waals surface area contributed by atoms with E-state index in [4.69, 9.17) is 0 Å². The first-order valence-electron chi connectivity index (χ1n) is 11.9. The number of nitrogens with zero attached hydrogens (tertiary/aromatic N) is 2. The van der Waals surface area contributed by atoms with E-state index in [1.54, 1.807) is 13.8 Å². The van der Waals surface area contributed by atoms with E-state index in [0.717, 1.165) is 30.2 Å². The van der Waals surface area contributed by atoms with Crippen molar-refractivity contribution in [3.05, 3.63) is 36.0 Å². The summed E-state index contributed by atoms with van der Waals surface area (Å²) < 4.78 is 1.84. The highest BCUT2D eigenvalue weighted by Gasteiger charge is 2.34. The monoisotopic (exact) mass is 452 g/mol. The first kappa shape index (κ1) is 24.8. The molecule has 0 saturated heterocycles. The maximum absolute atomic E-state index is 13.4. The molecule has 7 heteroatoms. The van der Waals surface area contributed by atoms with Gasteiger partial charge in [0.2, 0.25) is 5.91 Å². The topological polar surface area (TPSA) is 107 Å².